The number of aromatic nitrogens is 2. The van der Waals surface area contributed by atoms with Crippen LogP contribution in [0, 0.1) is 13.8 Å². The molecule has 0 radical (unpaired) electrons. The Bertz CT molecular complexity index is 1010. The Hall–Kier alpha value is -2.70. The number of hydrogen-bond donors (Lipinski definition) is 2. The minimum absolute atomic E-state index is 0.0259. The van der Waals surface area contributed by atoms with E-state index in [4.69, 9.17) is 9.72 Å². The summed E-state index contributed by atoms with van der Waals surface area (Å²) in [6.45, 7) is 9.33. The second-order valence-corrected chi connectivity index (χ2v) is 7.65. The number of carbonyl (C=O) groups excluding carboxylic acids is 1. The quantitative estimate of drug-likeness (QED) is 0.632. The van der Waals surface area contributed by atoms with Crippen molar-refractivity contribution >= 4 is 16.9 Å². The average molecular weight is 393 g/mol. The molecule has 6 heteroatoms. The highest BCUT2D eigenvalue weighted by Crippen LogP contribution is 2.25. The molecule has 3 aromatic rings. The second kappa shape index (κ2) is 8.76. The number of hydrogen-bond acceptors (Lipinski definition) is 4. The van der Waals surface area contributed by atoms with Crippen molar-refractivity contribution in [2.45, 2.75) is 20.3 Å². The Morgan fingerprint density at radius 2 is 2.00 bits per heavy atom. The zero-order valence-electron chi connectivity index (χ0n) is 17.1. The standard InChI is InChI=1S/C23H28N4O2/c1-16-5-3-6-20-21(16)26-22(25-20)19-8-7-18(15-17(19)2)23(28)24-9-4-10-27-11-13-29-14-12-27/h3,5-8,15H,4,9-14H2,1-2H3,(H,24,28)(H,25,26). The lowest BCUT2D eigenvalue weighted by Gasteiger charge is -2.26. The Balaban J connectivity index is 1.38. The normalized spacial score (nSPS) is 15.0. The zero-order chi connectivity index (χ0) is 20.2. The van der Waals surface area contributed by atoms with Crippen molar-refractivity contribution in [2.75, 3.05) is 39.4 Å². The second-order valence-electron chi connectivity index (χ2n) is 7.65. The Labute approximate surface area is 171 Å². The highest BCUT2D eigenvalue weighted by molar-refractivity contribution is 5.95. The molecule has 0 aliphatic carbocycles. The number of fused-ring (bicyclic) bond motifs is 1. The largest absolute Gasteiger partial charge is 0.379 e. The molecular weight excluding hydrogens is 364 g/mol. The number of benzene rings is 2. The summed E-state index contributed by atoms with van der Waals surface area (Å²) in [5.41, 5.74) is 5.90. The van der Waals surface area contributed by atoms with Gasteiger partial charge in [-0.05, 0) is 56.1 Å². The molecule has 0 spiro atoms. The molecule has 2 heterocycles. The van der Waals surface area contributed by atoms with E-state index >= 15 is 0 Å². The summed E-state index contributed by atoms with van der Waals surface area (Å²) in [6.07, 6.45) is 0.946. The molecule has 1 amide bonds. The third-order valence-corrected chi connectivity index (χ3v) is 5.50. The van der Waals surface area contributed by atoms with E-state index in [0.29, 0.717) is 12.1 Å². The number of amides is 1. The van der Waals surface area contributed by atoms with Gasteiger partial charge in [-0.3, -0.25) is 9.69 Å². The van der Waals surface area contributed by atoms with Gasteiger partial charge >= 0.3 is 0 Å². The van der Waals surface area contributed by atoms with Crippen LogP contribution < -0.4 is 5.32 Å². The number of carbonyl (C=O) groups is 1. The maximum absolute atomic E-state index is 12.5. The van der Waals surface area contributed by atoms with Gasteiger partial charge in [-0.2, -0.15) is 0 Å². The fourth-order valence-corrected chi connectivity index (χ4v) is 3.81. The summed E-state index contributed by atoms with van der Waals surface area (Å²) >= 11 is 0. The highest BCUT2D eigenvalue weighted by atomic mass is 16.5. The van der Waals surface area contributed by atoms with Crippen molar-refractivity contribution in [3.8, 4) is 11.4 Å². The zero-order valence-corrected chi connectivity index (χ0v) is 17.1. The van der Waals surface area contributed by atoms with Crippen molar-refractivity contribution in [3.63, 3.8) is 0 Å². The smallest absolute Gasteiger partial charge is 0.251 e. The van der Waals surface area contributed by atoms with Gasteiger partial charge < -0.3 is 15.0 Å². The molecule has 2 N–H and O–H groups in total. The van der Waals surface area contributed by atoms with E-state index in [-0.39, 0.29) is 5.91 Å². The van der Waals surface area contributed by atoms with E-state index < -0.39 is 0 Å². The van der Waals surface area contributed by atoms with Crippen LogP contribution >= 0.6 is 0 Å². The van der Waals surface area contributed by atoms with Crippen LogP contribution in [-0.2, 0) is 4.74 Å². The molecule has 0 bridgehead atoms. The molecule has 1 fully saturated rings. The summed E-state index contributed by atoms with van der Waals surface area (Å²) in [5, 5.41) is 3.03. The first kappa shape index (κ1) is 19.6. The van der Waals surface area contributed by atoms with Gasteiger partial charge in [-0.25, -0.2) is 4.98 Å². The fraction of sp³-hybridized carbons (Fsp3) is 0.391. The van der Waals surface area contributed by atoms with Crippen LogP contribution in [0.5, 0.6) is 0 Å². The molecule has 1 aliphatic heterocycles. The van der Waals surface area contributed by atoms with E-state index in [9.17, 15) is 4.79 Å². The first-order valence-corrected chi connectivity index (χ1v) is 10.3. The fourth-order valence-electron chi connectivity index (χ4n) is 3.81. The number of H-pyrrole nitrogens is 1. The minimum atomic E-state index is -0.0259. The van der Waals surface area contributed by atoms with Gasteiger partial charge in [0, 0.05) is 30.8 Å². The molecule has 6 nitrogen and oxygen atoms in total. The number of imidazole rings is 1. The van der Waals surface area contributed by atoms with Crippen LogP contribution in [-0.4, -0.2) is 60.2 Å². The molecule has 0 saturated carbocycles. The van der Waals surface area contributed by atoms with Gasteiger partial charge in [-0.15, -0.1) is 0 Å². The van der Waals surface area contributed by atoms with Crippen molar-refractivity contribution < 1.29 is 9.53 Å². The molecule has 1 aliphatic rings. The molecule has 0 unspecified atom stereocenters. The Morgan fingerprint density at radius 3 is 2.76 bits per heavy atom. The number of aromatic amines is 1. The van der Waals surface area contributed by atoms with E-state index in [0.717, 1.165) is 72.8 Å². The number of ether oxygens (including phenoxy) is 1. The lowest BCUT2D eigenvalue weighted by atomic mass is 10.0. The monoisotopic (exact) mass is 392 g/mol. The van der Waals surface area contributed by atoms with Crippen LogP contribution in [0.1, 0.15) is 27.9 Å². The number of rotatable bonds is 6. The van der Waals surface area contributed by atoms with Crippen molar-refractivity contribution in [3.05, 3.63) is 53.1 Å². The van der Waals surface area contributed by atoms with Gasteiger partial charge in [-0.1, -0.05) is 18.2 Å². The maximum Gasteiger partial charge on any atom is 0.251 e. The third kappa shape index (κ3) is 4.49. The van der Waals surface area contributed by atoms with Gasteiger partial charge in [0.25, 0.3) is 5.91 Å². The third-order valence-electron chi connectivity index (χ3n) is 5.50. The molecule has 4 rings (SSSR count). The van der Waals surface area contributed by atoms with Crippen molar-refractivity contribution in [1.82, 2.24) is 20.2 Å². The van der Waals surface area contributed by atoms with Crippen LogP contribution in [0.25, 0.3) is 22.4 Å². The van der Waals surface area contributed by atoms with Gasteiger partial charge in [0.2, 0.25) is 0 Å². The average Bonchev–Trinajstić information content (AvgIpc) is 3.17. The van der Waals surface area contributed by atoms with Crippen LogP contribution in [0.15, 0.2) is 36.4 Å². The molecule has 29 heavy (non-hydrogen) atoms. The topological polar surface area (TPSA) is 70.2 Å². The minimum Gasteiger partial charge on any atom is -0.379 e. The predicted octanol–water partition coefficient (Wildman–Crippen LogP) is 3.30. The summed E-state index contributed by atoms with van der Waals surface area (Å²) in [7, 11) is 0. The summed E-state index contributed by atoms with van der Waals surface area (Å²) in [6, 6.07) is 11.9. The summed E-state index contributed by atoms with van der Waals surface area (Å²) in [5.74, 6) is 0.811. The van der Waals surface area contributed by atoms with E-state index in [1.807, 2.05) is 37.3 Å². The number of morpholine rings is 1. The predicted molar refractivity (Wildman–Crippen MR) is 115 cm³/mol. The summed E-state index contributed by atoms with van der Waals surface area (Å²) < 4.78 is 5.36. The van der Waals surface area contributed by atoms with Gasteiger partial charge in [0.1, 0.15) is 5.82 Å². The Kier molecular flexibility index (Phi) is 5.92. The highest BCUT2D eigenvalue weighted by Gasteiger charge is 2.13. The molecule has 1 saturated heterocycles. The summed E-state index contributed by atoms with van der Waals surface area (Å²) in [4.78, 5) is 23.0. The van der Waals surface area contributed by atoms with Crippen LogP contribution in [0.3, 0.4) is 0 Å². The molecule has 2 aromatic carbocycles. The SMILES string of the molecule is Cc1cc(C(=O)NCCCN2CCOCC2)ccc1-c1nc2c(C)cccc2[nH]1. The number of aryl methyl sites for hydroxylation is 2. The number of nitrogens with one attached hydrogen (secondary N) is 2. The van der Waals surface area contributed by atoms with E-state index in [2.05, 4.69) is 28.2 Å². The number of nitrogens with zero attached hydrogens (tertiary/aromatic N) is 2. The lowest BCUT2D eigenvalue weighted by Crippen LogP contribution is -2.38. The van der Waals surface area contributed by atoms with Gasteiger partial charge in [0.05, 0.1) is 24.2 Å². The lowest BCUT2D eigenvalue weighted by molar-refractivity contribution is 0.0374. The van der Waals surface area contributed by atoms with Crippen LogP contribution in [0.2, 0.25) is 0 Å². The molecule has 1 aromatic heterocycles. The maximum atomic E-state index is 12.5. The van der Waals surface area contributed by atoms with Gasteiger partial charge in [0.15, 0.2) is 0 Å². The number of para-hydroxylation sites is 1. The van der Waals surface area contributed by atoms with E-state index in [1.54, 1.807) is 0 Å². The van der Waals surface area contributed by atoms with Crippen molar-refractivity contribution in [1.29, 1.82) is 0 Å². The van der Waals surface area contributed by atoms with Crippen molar-refractivity contribution in [2.24, 2.45) is 0 Å². The first-order valence-electron chi connectivity index (χ1n) is 10.3. The van der Waals surface area contributed by atoms with Crippen LogP contribution in [0.4, 0.5) is 0 Å². The molecule has 0 atom stereocenters. The molecule has 152 valence electrons. The molecular formula is C23H28N4O2. The Morgan fingerprint density at radius 1 is 1.17 bits per heavy atom. The first-order chi connectivity index (χ1) is 14.1. The van der Waals surface area contributed by atoms with E-state index in [1.165, 1.54) is 0 Å².